The molecular weight excluding hydrogens is 608 g/mol. The van der Waals surface area contributed by atoms with E-state index in [1.54, 1.807) is 0 Å². The van der Waals surface area contributed by atoms with Crippen LogP contribution in [0.2, 0.25) is 0 Å². The topological polar surface area (TPSA) is 237 Å². The van der Waals surface area contributed by atoms with Gasteiger partial charge in [0.15, 0.2) is 5.84 Å². The number of H-pyrrole nitrogens is 1. The summed E-state index contributed by atoms with van der Waals surface area (Å²) < 4.78 is 64.7. The Balaban J connectivity index is 1.70. The molecule has 0 fully saturated rings. The number of nitrogens with one attached hydrogen (secondary N) is 3. The van der Waals surface area contributed by atoms with E-state index in [1.165, 1.54) is 56.3 Å². The number of aromatic amines is 1. The lowest BCUT2D eigenvalue weighted by atomic mass is 10.2. The summed E-state index contributed by atoms with van der Waals surface area (Å²) in [6.07, 6.45) is 3.80. The predicted octanol–water partition coefficient (Wildman–Crippen LogP) is 1.05. The van der Waals surface area contributed by atoms with Crippen LogP contribution >= 0.6 is 0 Å². The molecule has 0 atom stereocenters. The van der Waals surface area contributed by atoms with Crippen LogP contribution in [0.1, 0.15) is 19.4 Å². The smallest absolute Gasteiger partial charge is 0.294 e. The molecule has 0 saturated carbocycles. The third kappa shape index (κ3) is 6.84. The summed E-state index contributed by atoms with van der Waals surface area (Å²) in [6, 6.07) is 9.21. The zero-order valence-electron chi connectivity index (χ0n) is 22.2. The number of allylic oxidation sites excluding steroid dienone is 2. The number of carbonyl (C=O) groups excluding carboxylic acids is 3. The summed E-state index contributed by atoms with van der Waals surface area (Å²) in [5.41, 5.74) is -0.556. The average molecular weight is 631 g/mol. The number of hydrogen-bond donors (Lipinski definition) is 5. The van der Waals surface area contributed by atoms with E-state index in [0.29, 0.717) is 0 Å². The molecule has 0 unspecified atom stereocenters. The minimum atomic E-state index is -4.48. The van der Waals surface area contributed by atoms with Crippen LogP contribution in [0.4, 0.5) is 11.5 Å². The van der Waals surface area contributed by atoms with Crippen molar-refractivity contribution in [1.29, 1.82) is 0 Å². The standard InChI is InChI=1S/C25H22N6O10S2/c1-14(32)26-22-20(24(34)30(28-22)16-6-10-18(11-7-16)42(36,37)38)4-3-5-21-23(27-15(2)33)29-31(25(21)35)17-8-12-19(13-9-17)43(39,40)41/h3-13,28H,1-2H3,(H,26,32)(H,27,29,33)(H,36,37,38)(H,39,40,41)/b4-3+,21-5+. The number of amidine groups is 1. The Bertz CT molecular complexity index is 2000. The molecule has 43 heavy (non-hydrogen) atoms. The van der Waals surface area contributed by atoms with E-state index in [2.05, 4.69) is 20.8 Å². The van der Waals surface area contributed by atoms with Gasteiger partial charge in [-0.2, -0.15) is 21.8 Å². The van der Waals surface area contributed by atoms with Crippen LogP contribution in [0, 0.1) is 0 Å². The fourth-order valence-electron chi connectivity index (χ4n) is 3.82. The molecule has 0 aliphatic carbocycles. The highest BCUT2D eigenvalue weighted by Gasteiger charge is 2.31. The summed E-state index contributed by atoms with van der Waals surface area (Å²) in [4.78, 5) is 49.1. The van der Waals surface area contributed by atoms with E-state index >= 15 is 0 Å². The van der Waals surface area contributed by atoms with Crippen LogP contribution in [0.3, 0.4) is 0 Å². The first kappa shape index (κ1) is 30.8. The van der Waals surface area contributed by atoms with Crippen molar-refractivity contribution in [1.82, 2.24) is 15.1 Å². The molecule has 3 aromatic rings. The first-order chi connectivity index (χ1) is 20.1. The summed E-state index contributed by atoms with van der Waals surface area (Å²) >= 11 is 0. The predicted molar refractivity (Wildman–Crippen MR) is 153 cm³/mol. The van der Waals surface area contributed by atoms with E-state index in [-0.39, 0.29) is 34.2 Å². The zero-order valence-corrected chi connectivity index (χ0v) is 23.8. The summed E-state index contributed by atoms with van der Waals surface area (Å²) in [5.74, 6) is -1.97. The molecule has 0 bridgehead atoms. The maximum Gasteiger partial charge on any atom is 0.294 e. The van der Waals surface area contributed by atoms with Crippen LogP contribution in [0.15, 0.2) is 85.9 Å². The van der Waals surface area contributed by atoms with Gasteiger partial charge in [-0.25, -0.2) is 4.68 Å². The molecule has 1 aromatic heterocycles. The van der Waals surface area contributed by atoms with E-state index in [0.717, 1.165) is 34.0 Å². The molecule has 2 heterocycles. The van der Waals surface area contributed by atoms with E-state index in [9.17, 15) is 45.1 Å². The first-order valence-corrected chi connectivity index (χ1v) is 14.8. The fourth-order valence-corrected chi connectivity index (χ4v) is 4.78. The van der Waals surface area contributed by atoms with Crippen molar-refractivity contribution in [2.45, 2.75) is 23.6 Å². The quantitative estimate of drug-likeness (QED) is 0.184. The first-order valence-electron chi connectivity index (χ1n) is 11.9. The number of nitrogens with zero attached hydrogens (tertiary/aromatic N) is 3. The largest absolute Gasteiger partial charge is 0.311 e. The zero-order chi connectivity index (χ0) is 31.7. The Morgan fingerprint density at radius 1 is 0.837 bits per heavy atom. The van der Waals surface area contributed by atoms with Crippen molar-refractivity contribution in [2.75, 3.05) is 10.3 Å². The second-order valence-electron chi connectivity index (χ2n) is 8.85. The van der Waals surface area contributed by atoms with Crippen LogP contribution in [-0.4, -0.2) is 59.3 Å². The molecule has 18 heteroatoms. The molecule has 224 valence electrons. The Morgan fingerprint density at radius 2 is 1.35 bits per heavy atom. The number of amides is 3. The Labute approximate surface area is 243 Å². The van der Waals surface area contributed by atoms with Gasteiger partial charge in [0.1, 0.15) is 5.82 Å². The van der Waals surface area contributed by atoms with Gasteiger partial charge in [-0.3, -0.25) is 33.4 Å². The maximum atomic E-state index is 13.2. The van der Waals surface area contributed by atoms with Gasteiger partial charge in [-0.1, -0.05) is 6.08 Å². The van der Waals surface area contributed by atoms with Gasteiger partial charge in [0, 0.05) is 13.8 Å². The molecular formula is C25H22N6O10S2. The van der Waals surface area contributed by atoms with Crippen molar-refractivity contribution in [3.63, 3.8) is 0 Å². The molecule has 3 amide bonds. The minimum absolute atomic E-state index is 0.0277. The Hall–Kier alpha value is -5.17. The Kier molecular flexibility index (Phi) is 8.31. The van der Waals surface area contributed by atoms with Gasteiger partial charge in [-0.15, -0.1) is 5.10 Å². The second-order valence-corrected chi connectivity index (χ2v) is 11.7. The lowest BCUT2D eigenvalue weighted by Crippen LogP contribution is -2.29. The lowest BCUT2D eigenvalue weighted by Gasteiger charge is -2.11. The fraction of sp³-hybridized carbons (Fsp3) is 0.0800. The molecule has 2 aromatic carbocycles. The van der Waals surface area contributed by atoms with Gasteiger partial charge in [-0.05, 0) is 60.7 Å². The molecule has 16 nitrogen and oxygen atoms in total. The molecule has 0 spiro atoms. The highest BCUT2D eigenvalue weighted by atomic mass is 32.2. The summed E-state index contributed by atoms with van der Waals surface area (Å²) in [5, 5.41) is 12.6. The second kappa shape index (κ2) is 11.6. The molecule has 4 rings (SSSR count). The summed E-state index contributed by atoms with van der Waals surface area (Å²) in [7, 11) is -8.95. The SMILES string of the molecule is CC(=O)NC1=NN(c2ccc(S(=O)(=O)O)cc2)C(=O)/C1=C/C=C/c1c(NC(C)=O)[nH]n(-c2ccc(S(=O)(=O)O)cc2)c1=O. The number of anilines is 2. The van der Waals surface area contributed by atoms with Crippen LogP contribution in [-0.2, 0) is 34.6 Å². The third-order valence-electron chi connectivity index (χ3n) is 5.70. The van der Waals surface area contributed by atoms with Crippen molar-refractivity contribution < 1.29 is 40.3 Å². The van der Waals surface area contributed by atoms with Gasteiger partial charge in [0.05, 0.1) is 32.3 Å². The summed E-state index contributed by atoms with van der Waals surface area (Å²) in [6.45, 7) is 2.39. The average Bonchev–Trinajstić information content (AvgIpc) is 3.38. The van der Waals surface area contributed by atoms with E-state index < -0.39 is 53.3 Å². The number of carbonyl (C=O) groups is 3. The monoisotopic (exact) mass is 630 g/mol. The van der Waals surface area contributed by atoms with Crippen LogP contribution in [0.25, 0.3) is 11.8 Å². The van der Waals surface area contributed by atoms with Crippen LogP contribution in [0.5, 0.6) is 0 Å². The number of hydrogen-bond acceptors (Lipinski definition) is 9. The Morgan fingerprint density at radius 3 is 1.84 bits per heavy atom. The highest BCUT2D eigenvalue weighted by molar-refractivity contribution is 7.86. The van der Waals surface area contributed by atoms with Crippen molar-refractivity contribution >= 4 is 61.4 Å². The molecule has 0 saturated heterocycles. The minimum Gasteiger partial charge on any atom is -0.311 e. The number of hydrazone groups is 1. The lowest BCUT2D eigenvalue weighted by molar-refractivity contribution is -0.117. The number of aromatic nitrogens is 2. The van der Waals surface area contributed by atoms with Crippen molar-refractivity contribution in [3.05, 3.63) is 82.2 Å². The van der Waals surface area contributed by atoms with Crippen molar-refractivity contribution in [2.24, 2.45) is 5.10 Å². The third-order valence-corrected chi connectivity index (χ3v) is 7.43. The maximum absolute atomic E-state index is 13.2. The number of rotatable bonds is 7. The normalized spacial score (nSPS) is 14.8. The number of benzene rings is 2. The van der Waals surface area contributed by atoms with Gasteiger partial charge >= 0.3 is 0 Å². The molecule has 0 radical (unpaired) electrons. The van der Waals surface area contributed by atoms with E-state index in [4.69, 9.17) is 0 Å². The molecule has 1 aliphatic heterocycles. The van der Waals surface area contributed by atoms with E-state index in [1.807, 2.05) is 0 Å². The van der Waals surface area contributed by atoms with Gasteiger partial charge in [0.2, 0.25) is 11.8 Å². The van der Waals surface area contributed by atoms with Gasteiger partial charge in [0.25, 0.3) is 31.7 Å². The van der Waals surface area contributed by atoms with Crippen LogP contribution < -0.4 is 21.2 Å². The van der Waals surface area contributed by atoms with Crippen molar-refractivity contribution in [3.8, 4) is 5.69 Å². The molecule has 1 aliphatic rings. The van der Waals surface area contributed by atoms with Gasteiger partial charge < -0.3 is 10.6 Å². The molecule has 5 N–H and O–H groups in total. The highest BCUT2D eigenvalue weighted by Crippen LogP contribution is 2.25.